The summed E-state index contributed by atoms with van der Waals surface area (Å²) >= 11 is 3.12. The van der Waals surface area contributed by atoms with Crippen molar-refractivity contribution in [1.29, 1.82) is 0 Å². The van der Waals surface area contributed by atoms with Gasteiger partial charge in [-0.1, -0.05) is 12.1 Å². The Morgan fingerprint density at radius 3 is 2.42 bits per heavy atom. The maximum absolute atomic E-state index is 13.4. The van der Waals surface area contributed by atoms with Crippen LogP contribution >= 0.6 is 15.9 Å². The highest BCUT2D eigenvalue weighted by Crippen LogP contribution is 2.20. The van der Waals surface area contributed by atoms with Crippen molar-refractivity contribution in [3.63, 3.8) is 0 Å². The normalized spacial score (nSPS) is 12.2. The Bertz CT molecular complexity index is 555. The molecule has 0 aliphatic carbocycles. The van der Waals surface area contributed by atoms with E-state index < -0.39 is 0 Å². The zero-order chi connectivity index (χ0) is 13.8. The fourth-order valence-corrected chi connectivity index (χ4v) is 2.14. The van der Waals surface area contributed by atoms with Gasteiger partial charge in [-0.05, 0) is 65.2 Å². The van der Waals surface area contributed by atoms with Crippen LogP contribution in [0.2, 0.25) is 0 Å². The van der Waals surface area contributed by atoms with E-state index in [1.54, 1.807) is 18.2 Å². The average Bonchev–Trinajstić information content (AvgIpc) is 2.37. The van der Waals surface area contributed by atoms with Crippen molar-refractivity contribution < 1.29 is 8.78 Å². The maximum Gasteiger partial charge on any atom is 0.139 e. The van der Waals surface area contributed by atoms with Crippen LogP contribution in [0.15, 0.2) is 46.9 Å². The molecule has 1 atom stereocenters. The summed E-state index contributed by atoms with van der Waals surface area (Å²) in [4.78, 5) is 0. The lowest BCUT2D eigenvalue weighted by Crippen LogP contribution is -2.18. The van der Waals surface area contributed by atoms with Gasteiger partial charge in [-0.2, -0.15) is 0 Å². The summed E-state index contributed by atoms with van der Waals surface area (Å²) in [7, 11) is 0. The van der Waals surface area contributed by atoms with E-state index in [9.17, 15) is 8.78 Å². The van der Waals surface area contributed by atoms with Crippen LogP contribution in [-0.4, -0.2) is 6.04 Å². The molecule has 1 unspecified atom stereocenters. The van der Waals surface area contributed by atoms with Crippen LogP contribution in [0.3, 0.4) is 0 Å². The maximum atomic E-state index is 13.4. The molecule has 2 aromatic carbocycles. The standard InChI is InChI=1S/C15H14BrF2N/c1-10(8-11-2-4-12(17)5-3-11)19-13-6-7-14(16)15(18)9-13/h2-7,9-10,19H,8H2,1H3. The molecule has 0 saturated carbocycles. The molecule has 0 aliphatic heterocycles. The predicted molar refractivity (Wildman–Crippen MR) is 77.3 cm³/mol. The average molecular weight is 326 g/mol. The highest BCUT2D eigenvalue weighted by Gasteiger charge is 2.06. The van der Waals surface area contributed by atoms with Gasteiger partial charge in [0.05, 0.1) is 4.47 Å². The summed E-state index contributed by atoms with van der Waals surface area (Å²) in [5.74, 6) is -0.529. The zero-order valence-electron chi connectivity index (χ0n) is 10.5. The monoisotopic (exact) mass is 325 g/mol. The van der Waals surface area contributed by atoms with Crippen molar-refractivity contribution in [2.24, 2.45) is 0 Å². The summed E-state index contributed by atoms with van der Waals surface area (Å²) < 4.78 is 26.6. The third kappa shape index (κ3) is 4.03. The molecule has 4 heteroatoms. The smallest absolute Gasteiger partial charge is 0.139 e. The second-order valence-electron chi connectivity index (χ2n) is 4.50. The van der Waals surface area contributed by atoms with Gasteiger partial charge < -0.3 is 5.32 Å². The molecule has 100 valence electrons. The second kappa shape index (κ2) is 6.15. The summed E-state index contributed by atoms with van der Waals surface area (Å²) in [6.45, 7) is 2.00. The lowest BCUT2D eigenvalue weighted by molar-refractivity contribution is 0.620. The minimum absolute atomic E-state index is 0.131. The highest BCUT2D eigenvalue weighted by atomic mass is 79.9. The van der Waals surface area contributed by atoms with Gasteiger partial charge in [0, 0.05) is 11.7 Å². The van der Waals surface area contributed by atoms with Crippen LogP contribution in [-0.2, 0) is 6.42 Å². The van der Waals surface area contributed by atoms with Gasteiger partial charge in [0.15, 0.2) is 0 Å². The van der Waals surface area contributed by atoms with Crippen LogP contribution in [0.1, 0.15) is 12.5 Å². The number of rotatable bonds is 4. The van der Waals surface area contributed by atoms with Gasteiger partial charge in [-0.3, -0.25) is 0 Å². The molecule has 1 N–H and O–H groups in total. The van der Waals surface area contributed by atoms with Crippen molar-refractivity contribution in [1.82, 2.24) is 0 Å². The highest BCUT2D eigenvalue weighted by molar-refractivity contribution is 9.10. The fourth-order valence-electron chi connectivity index (χ4n) is 1.90. The molecule has 2 rings (SSSR count). The first-order valence-corrected chi connectivity index (χ1v) is 6.80. The Hall–Kier alpha value is -1.42. The summed E-state index contributed by atoms with van der Waals surface area (Å²) in [6.07, 6.45) is 0.748. The van der Waals surface area contributed by atoms with Crippen molar-refractivity contribution in [2.75, 3.05) is 5.32 Å². The van der Waals surface area contributed by atoms with Gasteiger partial charge >= 0.3 is 0 Å². The molecule has 0 aliphatic rings. The fraction of sp³-hybridized carbons (Fsp3) is 0.200. The molecule has 0 amide bonds. The molecule has 19 heavy (non-hydrogen) atoms. The van der Waals surface area contributed by atoms with E-state index in [1.165, 1.54) is 18.2 Å². The third-order valence-electron chi connectivity index (χ3n) is 2.79. The molecule has 0 bridgehead atoms. The van der Waals surface area contributed by atoms with Gasteiger partial charge in [-0.25, -0.2) is 8.78 Å². The number of hydrogen-bond acceptors (Lipinski definition) is 1. The SMILES string of the molecule is CC(Cc1ccc(F)cc1)Nc1ccc(Br)c(F)c1. The minimum atomic E-state index is -0.293. The zero-order valence-corrected chi connectivity index (χ0v) is 12.0. The minimum Gasteiger partial charge on any atom is -0.382 e. The Morgan fingerprint density at radius 1 is 1.11 bits per heavy atom. The van der Waals surface area contributed by atoms with Crippen LogP contribution < -0.4 is 5.32 Å². The van der Waals surface area contributed by atoms with Gasteiger partial charge in [-0.15, -0.1) is 0 Å². The van der Waals surface area contributed by atoms with Crippen molar-refractivity contribution in [3.05, 3.63) is 64.1 Å². The first kappa shape index (κ1) is 14.0. The van der Waals surface area contributed by atoms with E-state index in [4.69, 9.17) is 0 Å². The topological polar surface area (TPSA) is 12.0 Å². The van der Waals surface area contributed by atoms with Crippen molar-refractivity contribution in [2.45, 2.75) is 19.4 Å². The summed E-state index contributed by atoms with van der Waals surface area (Å²) in [6, 6.07) is 11.5. The largest absolute Gasteiger partial charge is 0.382 e. The molecular formula is C15H14BrF2N. The van der Waals surface area contributed by atoms with Crippen molar-refractivity contribution >= 4 is 21.6 Å². The number of anilines is 1. The van der Waals surface area contributed by atoms with Gasteiger partial charge in [0.1, 0.15) is 11.6 Å². The molecule has 0 saturated heterocycles. The lowest BCUT2D eigenvalue weighted by Gasteiger charge is -2.15. The number of halogens is 3. The van der Waals surface area contributed by atoms with Crippen LogP contribution in [0.5, 0.6) is 0 Å². The van der Waals surface area contributed by atoms with Gasteiger partial charge in [0.25, 0.3) is 0 Å². The molecular weight excluding hydrogens is 312 g/mol. The van der Waals surface area contributed by atoms with Crippen LogP contribution in [0.25, 0.3) is 0 Å². The first-order valence-electron chi connectivity index (χ1n) is 6.00. The molecule has 0 radical (unpaired) electrons. The van der Waals surface area contributed by atoms with E-state index >= 15 is 0 Å². The Labute approximate surface area is 119 Å². The second-order valence-corrected chi connectivity index (χ2v) is 5.36. The molecule has 0 aromatic heterocycles. The Morgan fingerprint density at radius 2 is 1.79 bits per heavy atom. The Balaban J connectivity index is 1.98. The summed E-state index contributed by atoms with van der Waals surface area (Å²) in [5.41, 5.74) is 1.77. The number of benzene rings is 2. The quantitative estimate of drug-likeness (QED) is 0.853. The van der Waals surface area contributed by atoms with Crippen LogP contribution in [0, 0.1) is 11.6 Å². The summed E-state index contributed by atoms with van der Waals surface area (Å²) in [5, 5.41) is 3.22. The molecule has 0 fully saturated rings. The van der Waals surface area contributed by atoms with E-state index in [0.29, 0.717) is 4.47 Å². The number of nitrogens with one attached hydrogen (secondary N) is 1. The van der Waals surface area contributed by atoms with E-state index in [2.05, 4.69) is 21.2 Å². The number of hydrogen-bond donors (Lipinski definition) is 1. The molecule has 0 heterocycles. The Kier molecular flexibility index (Phi) is 4.53. The molecule has 0 spiro atoms. The third-order valence-corrected chi connectivity index (χ3v) is 3.43. The van der Waals surface area contributed by atoms with E-state index in [-0.39, 0.29) is 17.7 Å². The first-order chi connectivity index (χ1) is 9.04. The van der Waals surface area contributed by atoms with E-state index in [0.717, 1.165) is 17.7 Å². The molecule has 2 aromatic rings. The van der Waals surface area contributed by atoms with Crippen LogP contribution in [0.4, 0.5) is 14.5 Å². The lowest BCUT2D eigenvalue weighted by atomic mass is 10.1. The predicted octanol–water partition coefficient (Wildman–Crippen LogP) is 4.77. The van der Waals surface area contributed by atoms with Crippen molar-refractivity contribution in [3.8, 4) is 0 Å². The van der Waals surface area contributed by atoms with E-state index in [1.807, 2.05) is 13.0 Å². The molecule has 1 nitrogen and oxygen atoms in total. The van der Waals surface area contributed by atoms with Gasteiger partial charge in [0.2, 0.25) is 0 Å².